The van der Waals surface area contributed by atoms with Crippen LogP contribution in [0.5, 0.6) is 0 Å². The van der Waals surface area contributed by atoms with Crippen molar-refractivity contribution < 1.29 is 0 Å². The van der Waals surface area contributed by atoms with Crippen LogP contribution in [0, 0.1) is 0 Å². The van der Waals surface area contributed by atoms with Crippen molar-refractivity contribution >= 4 is 60.3 Å². The Balaban J connectivity index is 1.43. The number of fused-ring (bicyclic) bond motifs is 6. The monoisotopic (exact) mass is 516 g/mol. The molecule has 0 fully saturated rings. The van der Waals surface area contributed by atoms with Crippen LogP contribution in [0.3, 0.4) is 0 Å². The number of benzene rings is 6. The van der Waals surface area contributed by atoms with Gasteiger partial charge in [0.2, 0.25) is 0 Å². The van der Waals surface area contributed by atoms with Crippen LogP contribution in [0.1, 0.15) is 0 Å². The highest BCUT2D eigenvalue weighted by molar-refractivity contribution is 7.25. The van der Waals surface area contributed by atoms with E-state index < -0.39 is 8.07 Å². The zero-order chi connectivity index (χ0) is 25.1. The topological polar surface area (TPSA) is 0 Å². The maximum absolute atomic E-state index is 2.51. The Morgan fingerprint density at radius 3 is 1.76 bits per heavy atom. The Morgan fingerprint density at radius 1 is 0.395 bits per heavy atom. The lowest BCUT2D eigenvalue weighted by Crippen LogP contribution is -2.72. The van der Waals surface area contributed by atoms with E-state index in [1.54, 1.807) is 0 Å². The van der Waals surface area contributed by atoms with Crippen LogP contribution in [0.2, 0.25) is 0 Å². The van der Waals surface area contributed by atoms with Gasteiger partial charge in [-0.2, -0.15) is 0 Å². The maximum Gasteiger partial charge on any atom is 0.180 e. The third-order valence-electron chi connectivity index (χ3n) is 8.17. The summed E-state index contributed by atoms with van der Waals surface area (Å²) in [5.41, 5.74) is 5.33. The van der Waals surface area contributed by atoms with E-state index in [1.807, 2.05) is 11.3 Å². The third-order valence-corrected chi connectivity index (χ3v) is 14.2. The molecule has 0 saturated carbocycles. The molecule has 38 heavy (non-hydrogen) atoms. The fraction of sp³-hybridized carbons (Fsp3) is 0. The first-order chi connectivity index (χ1) is 18.8. The zero-order valence-corrected chi connectivity index (χ0v) is 22.6. The van der Waals surface area contributed by atoms with E-state index in [1.165, 1.54) is 63.2 Å². The lowest BCUT2D eigenvalue weighted by Gasteiger charge is -2.31. The van der Waals surface area contributed by atoms with Crippen LogP contribution in [0.25, 0.3) is 42.4 Å². The summed E-state index contributed by atoms with van der Waals surface area (Å²) in [5, 5.41) is 8.55. The molecule has 0 unspecified atom stereocenters. The van der Waals surface area contributed by atoms with Crippen LogP contribution in [0.4, 0.5) is 0 Å². The van der Waals surface area contributed by atoms with Crippen molar-refractivity contribution in [3.05, 3.63) is 146 Å². The SMILES string of the molecule is c1ccc([Si]2(c3ccccc3)c3ccccc3-c3ccc(-c4ccc5sc6ccccc6c5c4)cc32)cc1. The van der Waals surface area contributed by atoms with E-state index in [4.69, 9.17) is 0 Å². The predicted molar refractivity (Wildman–Crippen MR) is 167 cm³/mol. The number of thiophene rings is 1. The summed E-state index contributed by atoms with van der Waals surface area (Å²) in [7, 11) is -2.47. The summed E-state index contributed by atoms with van der Waals surface area (Å²) < 4.78 is 2.70. The van der Waals surface area contributed by atoms with Gasteiger partial charge in [-0.25, -0.2) is 0 Å². The van der Waals surface area contributed by atoms with Gasteiger partial charge in [0, 0.05) is 20.2 Å². The fourth-order valence-corrected chi connectivity index (χ4v) is 12.8. The molecule has 2 heteroatoms. The lowest BCUT2D eigenvalue weighted by atomic mass is 9.99. The Bertz CT molecular complexity index is 1930. The molecule has 0 saturated heterocycles. The van der Waals surface area contributed by atoms with Gasteiger partial charge in [0.15, 0.2) is 8.07 Å². The maximum atomic E-state index is 2.51. The second-order valence-electron chi connectivity index (χ2n) is 10.1. The first-order valence-corrected chi connectivity index (χ1v) is 15.9. The standard InChI is InChI=1S/C36H24SSi/c1-3-11-27(12-4-1)38(28-13-5-2-6-14-28)35-18-10-8-16-30(35)31-21-19-26(24-36(31)38)25-20-22-34-32(23-25)29-15-7-9-17-33(29)37-34/h1-24H. The smallest absolute Gasteiger partial charge is 0.135 e. The molecule has 2 heterocycles. The average Bonchev–Trinajstić information content (AvgIpc) is 3.51. The largest absolute Gasteiger partial charge is 0.180 e. The summed E-state index contributed by atoms with van der Waals surface area (Å²) in [6.07, 6.45) is 0. The van der Waals surface area contributed by atoms with E-state index in [0.29, 0.717) is 0 Å². The van der Waals surface area contributed by atoms with Crippen molar-refractivity contribution in [3.63, 3.8) is 0 Å². The van der Waals surface area contributed by atoms with Gasteiger partial charge in [0.1, 0.15) is 0 Å². The minimum absolute atomic E-state index is 1.28. The first-order valence-electron chi connectivity index (χ1n) is 13.1. The Labute approximate surface area is 227 Å². The molecule has 6 aromatic carbocycles. The molecule has 178 valence electrons. The van der Waals surface area contributed by atoms with Gasteiger partial charge in [-0.3, -0.25) is 0 Å². The van der Waals surface area contributed by atoms with E-state index >= 15 is 0 Å². The minimum Gasteiger partial charge on any atom is -0.135 e. The molecule has 1 aromatic heterocycles. The van der Waals surface area contributed by atoms with E-state index in [-0.39, 0.29) is 0 Å². The molecule has 0 N–H and O–H groups in total. The molecular weight excluding hydrogens is 493 g/mol. The molecule has 0 nitrogen and oxygen atoms in total. The van der Waals surface area contributed by atoms with Crippen molar-refractivity contribution in [2.45, 2.75) is 0 Å². The number of hydrogen-bond donors (Lipinski definition) is 0. The summed E-state index contributed by atoms with van der Waals surface area (Å²) in [6.45, 7) is 0. The van der Waals surface area contributed by atoms with Crippen molar-refractivity contribution in [2.24, 2.45) is 0 Å². The molecule has 0 spiro atoms. The van der Waals surface area contributed by atoms with E-state index in [0.717, 1.165) is 0 Å². The van der Waals surface area contributed by atoms with Crippen LogP contribution in [-0.4, -0.2) is 8.07 Å². The highest BCUT2D eigenvalue weighted by Crippen LogP contribution is 2.37. The Morgan fingerprint density at radius 2 is 0.974 bits per heavy atom. The first kappa shape index (κ1) is 21.8. The fourth-order valence-electron chi connectivity index (χ4n) is 6.53. The molecule has 0 bridgehead atoms. The quantitative estimate of drug-likeness (QED) is 0.220. The third kappa shape index (κ3) is 3.02. The molecule has 0 radical (unpaired) electrons. The molecule has 0 amide bonds. The Kier molecular flexibility index (Phi) is 4.81. The Hall–Kier alpha value is -4.24. The zero-order valence-electron chi connectivity index (χ0n) is 20.8. The van der Waals surface area contributed by atoms with Gasteiger partial charge in [-0.15, -0.1) is 11.3 Å². The minimum atomic E-state index is -2.47. The molecular formula is C36H24SSi. The molecule has 1 aliphatic heterocycles. The van der Waals surface area contributed by atoms with Gasteiger partial charge in [0.05, 0.1) is 0 Å². The van der Waals surface area contributed by atoms with Crippen molar-refractivity contribution in [3.8, 4) is 22.3 Å². The van der Waals surface area contributed by atoms with Crippen LogP contribution < -0.4 is 20.7 Å². The summed E-state index contributed by atoms with van der Waals surface area (Å²) in [4.78, 5) is 0. The van der Waals surface area contributed by atoms with Gasteiger partial charge < -0.3 is 0 Å². The van der Waals surface area contributed by atoms with Crippen molar-refractivity contribution in [2.75, 3.05) is 0 Å². The molecule has 0 aliphatic carbocycles. The van der Waals surface area contributed by atoms with Crippen LogP contribution in [0.15, 0.2) is 146 Å². The van der Waals surface area contributed by atoms with Gasteiger partial charge in [0.25, 0.3) is 0 Å². The second-order valence-corrected chi connectivity index (χ2v) is 14.9. The number of hydrogen-bond acceptors (Lipinski definition) is 1. The van der Waals surface area contributed by atoms with Gasteiger partial charge in [-0.1, -0.05) is 127 Å². The average molecular weight is 517 g/mol. The summed E-state index contributed by atoms with van der Waals surface area (Å²) in [5.74, 6) is 0. The highest BCUT2D eigenvalue weighted by Gasteiger charge is 2.48. The van der Waals surface area contributed by atoms with Crippen LogP contribution >= 0.6 is 11.3 Å². The van der Waals surface area contributed by atoms with E-state index in [2.05, 4.69) is 146 Å². The molecule has 0 atom stereocenters. The summed E-state index contributed by atoms with van der Waals surface area (Å²) in [6, 6.07) is 54.5. The highest BCUT2D eigenvalue weighted by atomic mass is 32.1. The van der Waals surface area contributed by atoms with Crippen LogP contribution in [-0.2, 0) is 0 Å². The predicted octanol–water partition coefficient (Wildman–Crippen LogP) is 7.08. The molecule has 7 aromatic rings. The van der Waals surface area contributed by atoms with Gasteiger partial charge in [-0.05, 0) is 61.2 Å². The normalized spacial score (nSPS) is 13.5. The van der Waals surface area contributed by atoms with E-state index in [9.17, 15) is 0 Å². The second kappa shape index (κ2) is 8.39. The summed E-state index contributed by atoms with van der Waals surface area (Å²) >= 11 is 1.88. The van der Waals surface area contributed by atoms with Crippen molar-refractivity contribution in [1.82, 2.24) is 0 Å². The molecule has 1 aliphatic rings. The number of rotatable bonds is 3. The lowest BCUT2D eigenvalue weighted by molar-refractivity contribution is 1.67. The van der Waals surface area contributed by atoms with Crippen molar-refractivity contribution in [1.29, 1.82) is 0 Å². The van der Waals surface area contributed by atoms with Gasteiger partial charge >= 0.3 is 0 Å². The molecule has 8 rings (SSSR count).